The SMILES string of the molecule is CC(C)(F)C1CCCN1c1ccc(CCC(=O)O)cc1Nc1ccc(Cl)cc1. The molecule has 2 N–H and O–H groups in total. The fourth-order valence-electron chi connectivity index (χ4n) is 3.80. The van der Waals surface area contributed by atoms with Gasteiger partial charge in [-0.1, -0.05) is 17.7 Å². The summed E-state index contributed by atoms with van der Waals surface area (Å²) in [5.41, 5.74) is 2.27. The van der Waals surface area contributed by atoms with E-state index in [4.69, 9.17) is 16.7 Å². The highest BCUT2D eigenvalue weighted by atomic mass is 35.5. The van der Waals surface area contributed by atoms with E-state index in [-0.39, 0.29) is 12.5 Å². The molecular weight excluding hydrogens is 379 g/mol. The first kappa shape index (κ1) is 20.5. The standard InChI is InChI=1S/C22H26ClFN2O2/c1-22(2,24)20-4-3-13-26(20)19-11-5-15(6-12-21(27)28)14-18(19)25-17-9-7-16(23)8-10-17/h5,7-11,14,20,25H,3-4,6,12-13H2,1-2H3,(H,27,28). The monoisotopic (exact) mass is 404 g/mol. The van der Waals surface area contributed by atoms with Crippen molar-refractivity contribution in [2.45, 2.75) is 51.2 Å². The average molecular weight is 405 g/mol. The number of aryl methyl sites for hydroxylation is 1. The van der Waals surface area contributed by atoms with Crippen LogP contribution in [0.1, 0.15) is 38.7 Å². The number of carboxylic acid groups (broad SMARTS) is 1. The Morgan fingerprint density at radius 1 is 1.29 bits per heavy atom. The van der Waals surface area contributed by atoms with Gasteiger partial charge in [0.15, 0.2) is 0 Å². The maximum absolute atomic E-state index is 14.8. The number of carbonyl (C=O) groups is 1. The van der Waals surface area contributed by atoms with Crippen LogP contribution in [0.3, 0.4) is 0 Å². The average Bonchev–Trinajstić information content (AvgIpc) is 3.12. The van der Waals surface area contributed by atoms with Gasteiger partial charge in [0.25, 0.3) is 0 Å². The molecule has 2 aromatic rings. The molecule has 1 aliphatic rings. The number of aliphatic carboxylic acids is 1. The van der Waals surface area contributed by atoms with Gasteiger partial charge in [-0.25, -0.2) is 4.39 Å². The number of nitrogens with zero attached hydrogens (tertiary/aromatic N) is 1. The van der Waals surface area contributed by atoms with Gasteiger partial charge < -0.3 is 15.3 Å². The van der Waals surface area contributed by atoms with Crippen molar-refractivity contribution in [2.75, 3.05) is 16.8 Å². The molecule has 0 spiro atoms. The molecule has 3 rings (SSSR count). The van der Waals surface area contributed by atoms with E-state index in [0.29, 0.717) is 11.4 Å². The van der Waals surface area contributed by atoms with E-state index in [1.54, 1.807) is 26.0 Å². The summed E-state index contributed by atoms with van der Waals surface area (Å²) in [4.78, 5) is 13.1. The summed E-state index contributed by atoms with van der Waals surface area (Å²) in [6.45, 7) is 4.05. The Labute approximate surface area is 170 Å². The summed E-state index contributed by atoms with van der Waals surface area (Å²) in [7, 11) is 0. The lowest BCUT2D eigenvalue weighted by Crippen LogP contribution is -2.43. The molecule has 28 heavy (non-hydrogen) atoms. The van der Waals surface area contributed by atoms with Gasteiger partial charge in [0.2, 0.25) is 0 Å². The van der Waals surface area contributed by atoms with Crippen LogP contribution in [0.25, 0.3) is 0 Å². The van der Waals surface area contributed by atoms with Crippen LogP contribution in [0.2, 0.25) is 5.02 Å². The summed E-state index contributed by atoms with van der Waals surface area (Å²) in [6, 6.07) is 13.1. The summed E-state index contributed by atoms with van der Waals surface area (Å²) >= 11 is 5.98. The molecule has 150 valence electrons. The first-order valence-corrected chi connectivity index (χ1v) is 9.95. The summed E-state index contributed by atoms with van der Waals surface area (Å²) in [5, 5.41) is 13.0. The zero-order valence-corrected chi connectivity index (χ0v) is 17.0. The molecule has 6 heteroatoms. The van der Waals surface area contributed by atoms with E-state index in [9.17, 15) is 9.18 Å². The fourth-order valence-corrected chi connectivity index (χ4v) is 3.92. The summed E-state index contributed by atoms with van der Waals surface area (Å²) < 4.78 is 14.8. The number of carboxylic acids is 1. The maximum Gasteiger partial charge on any atom is 0.303 e. The molecule has 1 saturated heterocycles. The Morgan fingerprint density at radius 3 is 2.64 bits per heavy atom. The van der Waals surface area contributed by atoms with Crippen molar-refractivity contribution in [3.63, 3.8) is 0 Å². The van der Waals surface area contributed by atoms with Crippen LogP contribution >= 0.6 is 11.6 Å². The van der Waals surface area contributed by atoms with E-state index in [2.05, 4.69) is 10.2 Å². The van der Waals surface area contributed by atoms with Gasteiger partial charge in [0, 0.05) is 23.7 Å². The third-order valence-electron chi connectivity index (χ3n) is 5.17. The second-order valence-corrected chi connectivity index (χ2v) is 8.23. The van der Waals surface area contributed by atoms with Crippen molar-refractivity contribution in [3.05, 3.63) is 53.1 Å². The van der Waals surface area contributed by atoms with Crippen LogP contribution in [0.15, 0.2) is 42.5 Å². The molecule has 1 heterocycles. The van der Waals surface area contributed by atoms with E-state index in [1.807, 2.05) is 30.3 Å². The maximum atomic E-state index is 14.8. The first-order valence-electron chi connectivity index (χ1n) is 9.57. The molecule has 0 radical (unpaired) electrons. The number of hydrogen-bond acceptors (Lipinski definition) is 3. The van der Waals surface area contributed by atoms with Crippen molar-refractivity contribution in [1.29, 1.82) is 0 Å². The van der Waals surface area contributed by atoms with Gasteiger partial charge >= 0.3 is 5.97 Å². The molecule has 0 amide bonds. The second-order valence-electron chi connectivity index (χ2n) is 7.79. The first-order chi connectivity index (χ1) is 13.2. The lowest BCUT2D eigenvalue weighted by Gasteiger charge is -2.35. The van der Waals surface area contributed by atoms with E-state index < -0.39 is 11.6 Å². The molecule has 1 fully saturated rings. The van der Waals surface area contributed by atoms with Gasteiger partial charge in [-0.15, -0.1) is 0 Å². The number of hydrogen-bond donors (Lipinski definition) is 2. The van der Waals surface area contributed by atoms with Gasteiger partial charge in [-0.05, 0) is 75.1 Å². The summed E-state index contributed by atoms with van der Waals surface area (Å²) in [5.74, 6) is -0.824. The smallest absolute Gasteiger partial charge is 0.303 e. The predicted octanol–water partition coefficient (Wildman–Crippen LogP) is 5.82. The van der Waals surface area contributed by atoms with Crippen LogP contribution in [0.5, 0.6) is 0 Å². The van der Waals surface area contributed by atoms with Gasteiger partial charge in [-0.3, -0.25) is 4.79 Å². The Bertz CT molecular complexity index is 833. The number of rotatable bonds is 7. The minimum absolute atomic E-state index is 0.0730. The van der Waals surface area contributed by atoms with Crippen molar-refractivity contribution < 1.29 is 14.3 Å². The normalized spacial score (nSPS) is 17.0. The molecule has 0 saturated carbocycles. The fraction of sp³-hybridized carbons (Fsp3) is 0.409. The van der Waals surface area contributed by atoms with E-state index in [1.165, 1.54) is 0 Å². The van der Waals surface area contributed by atoms with Crippen LogP contribution in [0.4, 0.5) is 21.5 Å². The van der Waals surface area contributed by atoms with Crippen LogP contribution in [0, 0.1) is 0 Å². The quantitative estimate of drug-likeness (QED) is 0.610. The Balaban J connectivity index is 1.95. The molecule has 4 nitrogen and oxygen atoms in total. The Hall–Kier alpha value is -2.27. The molecule has 0 bridgehead atoms. The highest BCUT2D eigenvalue weighted by molar-refractivity contribution is 6.30. The van der Waals surface area contributed by atoms with Gasteiger partial charge in [0.1, 0.15) is 5.67 Å². The minimum atomic E-state index is -1.31. The third kappa shape index (κ3) is 4.96. The molecule has 1 atom stereocenters. The molecule has 1 unspecified atom stereocenters. The summed E-state index contributed by atoms with van der Waals surface area (Å²) in [6.07, 6.45) is 2.27. The van der Waals surface area contributed by atoms with E-state index in [0.717, 1.165) is 42.0 Å². The van der Waals surface area contributed by atoms with Crippen LogP contribution in [-0.2, 0) is 11.2 Å². The molecule has 0 aromatic heterocycles. The van der Waals surface area contributed by atoms with Gasteiger partial charge in [0.05, 0.1) is 17.4 Å². The van der Waals surface area contributed by atoms with Gasteiger partial charge in [-0.2, -0.15) is 0 Å². The number of anilines is 3. The highest BCUT2D eigenvalue weighted by Crippen LogP contribution is 2.39. The zero-order chi connectivity index (χ0) is 20.3. The number of halogens is 2. The topological polar surface area (TPSA) is 52.6 Å². The molecular formula is C22H26ClFN2O2. The number of alkyl halides is 1. The third-order valence-corrected chi connectivity index (χ3v) is 5.42. The second kappa shape index (κ2) is 8.39. The predicted molar refractivity (Wildman–Crippen MR) is 113 cm³/mol. The highest BCUT2D eigenvalue weighted by Gasteiger charge is 2.38. The minimum Gasteiger partial charge on any atom is -0.481 e. The Morgan fingerprint density at radius 2 is 2.00 bits per heavy atom. The van der Waals surface area contributed by atoms with Crippen molar-refractivity contribution >= 4 is 34.6 Å². The lowest BCUT2D eigenvalue weighted by molar-refractivity contribution is -0.136. The Kier molecular flexibility index (Phi) is 6.14. The number of benzene rings is 2. The van der Waals surface area contributed by atoms with Crippen molar-refractivity contribution in [3.8, 4) is 0 Å². The lowest BCUT2D eigenvalue weighted by atomic mass is 9.97. The largest absolute Gasteiger partial charge is 0.481 e. The van der Waals surface area contributed by atoms with Crippen LogP contribution in [-0.4, -0.2) is 29.3 Å². The van der Waals surface area contributed by atoms with E-state index >= 15 is 0 Å². The van der Waals surface area contributed by atoms with Crippen LogP contribution < -0.4 is 10.2 Å². The zero-order valence-electron chi connectivity index (χ0n) is 16.2. The number of nitrogens with one attached hydrogen (secondary N) is 1. The van der Waals surface area contributed by atoms with Crippen molar-refractivity contribution in [2.24, 2.45) is 0 Å². The molecule has 2 aromatic carbocycles. The van der Waals surface area contributed by atoms with Crippen molar-refractivity contribution in [1.82, 2.24) is 0 Å². The molecule has 1 aliphatic heterocycles. The molecule has 0 aliphatic carbocycles.